The van der Waals surface area contributed by atoms with E-state index in [1.165, 1.54) is 16.8 Å². The number of benzene rings is 1. The van der Waals surface area contributed by atoms with Crippen molar-refractivity contribution >= 4 is 17.6 Å². The van der Waals surface area contributed by atoms with Gasteiger partial charge in [0, 0.05) is 25.8 Å². The van der Waals surface area contributed by atoms with Crippen LogP contribution in [0.25, 0.3) is 0 Å². The zero-order valence-electron chi connectivity index (χ0n) is 16.3. The molecule has 3 N–H and O–H groups in total. The van der Waals surface area contributed by atoms with E-state index < -0.39 is 11.9 Å². The Hall–Kier alpha value is -2.58. The van der Waals surface area contributed by atoms with E-state index in [0.29, 0.717) is 12.2 Å². The van der Waals surface area contributed by atoms with E-state index in [1.807, 2.05) is 0 Å². The maximum Gasteiger partial charge on any atom is 0.328 e. The van der Waals surface area contributed by atoms with Gasteiger partial charge in [-0.1, -0.05) is 0 Å². The predicted molar refractivity (Wildman–Crippen MR) is 105 cm³/mol. The lowest BCUT2D eigenvalue weighted by molar-refractivity contribution is -0.134. The van der Waals surface area contributed by atoms with Crippen molar-refractivity contribution in [2.24, 2.45) is 0 Å². The molecule has 0 spiro atoms. The number of rotatable bonds is 5. The van der Waals surface area contributed by atoms with Crippen LogP contribution >= 0.6 is 0 Å². The molecule has 0 saturated heterocycles. The lowest BCUT2D eigenvalue weighted by Crippen LogP contribution is -2.40. The number of carbonyl (C=O) groups is 2. The molecular weight excluding hydrogens is 364 g/mol. The molecule has 1 atom stereocenters. The second kappa shape index (κ2) is 10.7. The number of anilines is 1. The van der Waals surface area contributed by atoms with Gasteiger partial charge in [-0.3, -0.25) is 0 Å². The van der Waals surface area contributed by atoms with Gasteiger partial charge in [0.1, 0.15) is 11.9 Å². The number of hydrogen-bond acceptors (Lipinski definition) is 6. The summed E-state index contributed by atoms with van der Waals surface area (Å²) in [7, 11) is 1.76. The van der Waals surface area contributed by atoms with E-state index in [9.17, 15) is 9.59 Å². The smallest absolute Gasteiger partial charge is 0.328 e. The second-order valence-corrected chi connectivity index (χ2v) is 6.72. The van der Waals surface area contributed by atoms with Gasteiger partial charge in [-0.2, -0.15) is 0 Å². The van der Waals surface area contributed by atoms with Crippen LogP contribution in [-0.2, 0) is 27.2 Å². The highest BCUT2D eigenvalue weighted by Crippen LogP contribution is 2.36. The molecule has 0 fully saturated rings. The number of nitrogens with one attached hydrogen (secondary N) is 1. The summed E-state index contributed by atoms with van der Waals surface area (Å²) >= 11 is 0. The first-order valence-corrected chi connectivity index (χ1v) is 9.31. The molecule has 8 nitrogen and oxygen atoms in total. The first-order valence-electron chi connectivity index (χ1n) is 9.31. The molecule has 1 aromatic carbocycles. The molecule has 28 heavy (non-hydrogen) atoms. The van der Waals surface area contributed by atoms with Crippen molar-refractivity contribution in [2.75, 3.05) is 44.8 Å². The molecule has 1 aromatic rings. The van der Waals surface area contributed by atoms with Crippen LogP contribution in [0.5, 0.6) is 5.75 Å². The predicted octanol–water partition coefficient (Wildman–Crippen LogP) is 1.32. The lowest BCUT2D eigenvalue weighted by atomic mass is 10.00. The Balaban J connectivity index is 0.000000300. The van der Waals surface area contributed by atoms with Crippen LogP contribution in [0.4, 0.5) is 5.69 Å². The van der Waals surface area contributed by atoms with E-state index in [0.717, 1.165) is 51.4 Å². The van der Waals surface area contributed by atoms with Gasteiger partial charge in [-0.05, 0) is 56.1 Å². The summed E-state index contributed by atoms with van der Waals surface area (Å²) in [6.07, 6.45) is 3.56. The molecule has 2 heterocycles. The van der Waals surface area contributed by atoms with E-state index in [4.69, 9.17) is 19.7 Å². The van der Waals surface area contributed by atoms with Gasteiger partial charge in [0.25, 0.3) is 0 Å². The monoisotopic (exact) mass is 392 g/mol. The number of ether oxygens (including phenoxy) is 2. The maximum atomic E-state index is 9.55. The number of aliphatic carboxylic acids is 2. The molecule has 1 unspecified atom stereocenters. The van der Waals surface area contributed by atoms with Crippen molar-refractivity contribution in [3.05, 3.63) is 35.4 Å². The van der Waals surface area contributed by atoms with E-state index in [1.54, 1.807) is 7.11 Å². The van der Waals surface area contributed by atoms with Crippen LogP contribution < -0.4 is 15.0 Å². The van der Waals surface area contributed by atoms with Crippen LogP contribution in [0.1, 0.15) is 18.1 Å². The van der Waals surface area contributed by atoms with Crippen molar-refractivity contribution in [1.82, 2.24) is 5.32 Å². The Kier molecular flexibility index (Phi) is 8.28. The van der Waals surface area contributed by atoms with Gasteiger partial charge in [-0.25, -0.2) is 9.59 Å². The molecule has 0 radical (unpaired) electrons. The highest BCUT2D eigenvalue weighted by atomic mass is 16.5. The molecule has 2 aliphatic heterocycles. The standard InChI is InChI=1S/C16H24N2O2.C4H4O4/c1-12-11-18(7-8-19-2)15-9-13-3-5-17-6-4-14(13)10-16(15)20-12;5-3(6)1-2-4(7)8/h9-10,12,17H,3-8,11H2,1-2H3;1-2H,(H,5,6)(H,7,8)/b;2-1+. The van der Waals surface area contributed by atoms with Gasteiger partial charge >= 0.3 is 11.9 Å². The summed E-state index contributed by atoms with van der Waals surface area (Å²) in [6, 6.07) is 4.59. The van der Waals surface area contributed by atoms with E-state index >= 15 is 0 Å². The third-order valence-electron chi connectivity index (χ3n) is 4.50. The third kappa shape index (κ3) is 6.54. The quantitative estimate of drug-likeness (QED) is 0.644. The fourth-order valence-electron chi connectivity index (χ4n) is 3.25. The minimum atomic E-state index is -1.26. The van der Waals surface area contributed by atoms with Gasteiger partial charge in [-0.15, -0.1) is 0 Å². The zero-order chi connectivity index (χ0) is 20.5. The van der Waals surface area contributed by atoms with Gasteiger partial charge in [0.05, 0.1) is 18.8 Å². The Labute approximate surface area is 164 Å². The fourth-order valence-corrected chi connectivity index (χ4v) is 3.25. The largest absolute Gasteiger partial charge is 0.487 e. The average molecular weight is 392 g/mol. The van der Waals surface area contributed by atoms with Crippen molar-refractivity contribution < 1.29 is 29.3 Å². The van der Waals surface area contributed by atoms with Gasteiger partial charge in [0.15, 0.2) is 0 Å². The summed E-state index contributed by atoms with van der Waals surface area (Å²) in [4.78, 5) is 21.5. The molecule has 154 valence electrons. The molecular formula is C20H28N2O6. The average Bonchev–Trinajstić information content (AvgIpc) is 2.88. The normalized spacial score (nSPS) is 18.2. The van der Waals surface area contributed by atoms with Crippen LogP contribution in [0, 0.1) is 0 Å². The summed E-state index contributed by atoms with van der Waals surface area (Å²) in [5.74, 6) is -1.47. The Morgan fingerprint density at radius 1 is 1.21 bits per heavy atom. The van der Waals surface area contributed by atoms with E-state index in [-0.39, 0.29) is 6.10 Å². The van der Waals surface area contributed by atoms with Crippen molar-refractivity contribution in [1.29, 1.82) is 0 Å². The molecule has 8 heteroatoms. The van der Waals surface area contributed by atoms with Gasteiger partial charge in [0.2, 0.25) is 0 Å². The topological polar surface area (TPSA) is 108 Å². The first kappa shape index (κ1) is 21.7. The molecule has 0 saturated carbocycles. The maximum absolute atomic E-state index is 9.55. The minimum absolute atomic E-state index is 0.237. The highest BCUT2D eigenvalue weighted by molar-refractivity contribution is 5.89. The Morgan fingerprint density at radius 2 is 1.82 bits per heavy atom. The SMILES string of the molecule is COCCN1CC(C)Oc2cc3c(cc21)CCNCC3.O=C(O)/C=C/C(=O)O. The summed E-state index contributed by atoms with van der Waals surface area (Å²) < 4.78 is 11.3. The molecule has 0 aromatic heterocycles. The van der Waals surface area contributed by atoms with Crippen LogP contribution in [-0.4, -0.2) is 68.2 Å². The van der Waals surface area contributed by atoms with Crippen LogP contribution in [0.3, 0.4) is 0 Å². The molecule has 2 aliphatic rings. The van der Waals surface area contributed by atoms with Crippen LogP contribution in [0.15, 0.2) is 24.3 Å². The molecule has 3 rings (SSSR count). The lowest BCUT2D eigenvalue weighted by Gasteiger charge is -2.35. The van der Waals surface area contributed by atoms with Crippen molar-refractivity contribution in [2.45, 2.75) is 25.9 Å². The molecule has 0 aliphatic carbocycles. The number of nitrogens with zero attached hydrogens (tertiary/aromatic N) is 1. The van der Waals surface area contributed by atoms with E-state index in [2.05, 4.69) is 29.3 Å². The molecule has 0 amide bonds. The van der Waals surface area contributed by atoms with Crippen molar-refractivity contribution in [3.8, 4) is 5.75 Å². The fraction of sp³-hybridized carbons (Fsp3) is 0.500. The molecule has 0 bridgehead atoms. The summed E-state index contributed by atoms with van der Waals surface area (Å²) in [5.41, 5.74) is 4.14. The number of carboxylic acids is 2. The first-order chi connectivity index (χ1) is 13.4. The highest BCUT2D eigenvalue weighted by Gasteiger charge is 2.24. The number of methoxy groups -OCH3 is 1. The van der Waals surface area contributed by atoms with Crippen molar-refractivity contribution in [3.63, 3.8) is 0 Å². The van der Waals surface area contributed by atoms with Gasteiger partial charge < -0.3 is 29.9 Å². The number of hydrogen-bond donors (Lipinski definition) is 3. The minimum Gasteiger partial charge on any atom is -0.487 e. The zero-order valence-corrected chi connectivity index (χ0v) is 16.3. The van der Waals surface area contributed by atoms with Crippen LogP contribution in [0.2, 0.25) is 0 Å². The summed E-state index contributed by atoms with van der Waals surface area (Å²) in [5, 5.41) is 19.1. The third-order valence-corrected chi connectivity index (χ3v) is 4.50. The summed E-state index contributed by atoms with van der Waals surface area (Å²) in [6.45, 7) is 6.89. The second-order valence-electron chi connectivity index (χ2n) is 6.72. The Bertz CT molecular complexity index is 703. The number of carboxylic acid groups (broad SMARTS) is 2. The number of fused-ring (bicyclic) bond motifs is 2. The Morgan fingerprint density at radius 3 is 2.39 bits per heavy atom.